The number of rotatable bonds is 6. The Labute approximate surface area is 184 Å². The zero-order valence-corrected chi connectivity index (χ0v) is 17.9. The van der Waals surface area contributed by atoms with Gasteiger partial charge >= 0.3 is 5.97 Å². The zero-order valence-electron chi connectivity index (χ0n) is 17.9. The fourth-order valence-corrected chi connectivity index (χ4v) is 4.72. The van der Waals surface area contributed by atoms with Crippen LogP contribution in [-0.4, -0.2) is 47.3 Å². The molecule has 2 fully saturated rings. The summed E-state index contributed by atoms with van der Waals surface area (Å²) in [6.07, 6.45) is 0. The molecule has 0 unspecified atom stereocenters. The predicted octanol–water partition coefficient (Wildman–Crippen LogP) is 2.09. The standard InChI is InChI=1S/C23H24N2O7/c1-4-32-15-11-7-8-12(19(15)26)18-16-17(23(2,24-18)22(29)30)21(28)25(20(16)27)13-9-5-6-10-14(13)31-3/h5-11,16-18,24,26H,4H2,1-3H3,(H,29,30)/t16-,17-,18-,23-/m0/s1. The highest BCUT2D eigenvalue weighted by Crippen LogP contribution is 2.52. The summed E-state index contributed by atoms with van der Waals surface area (Å²) in [5.74, 6) is -4.36. The van der Waals surface area contributed by atoms with Crippen molar-refractivity contribution >= 4 is 23.5 Å². The number of fused-ring (bicyclic) bond motifs is 1. The van der Waals surface area contributed by atoms with E-state index >= 15 is 0 Å². The van der Waals surface area contributed by atoms with E-state index in [2.05, 4.69) is 5.32 Å². The van der Waals surface area contributed by atoms with Crippen molar-refractivity contribution in [1.29, 1.82) is 0 Å². The summed E-state index contributed by atoms with van der Waals surface area (Å²) < 4.78 is 10.8. The van der Waals surface area contributed by atoms with E-state index in [0.717, 1.165) is 4.90 Å². The molecule has 2 aliphatic rings. The number of amides is 2. The molecule has 0 spiro atoms. The summed E-state index contributed by atoms with van der Waals surface area (Å²) in [6, 6.07) is 10.5. The molecule has 2 aliphatic heterocycles. The molecule has 2 saturated heterocycles. The Bertz CT molecular complexity index is 1100. The van der Waals surface area contributed by atoms with Crippen LogP contribution in [0.3, 0.4) is 0 Å². The molecule has 2 aromatic carbocycles. The van der Waals surface area contributed by atoms with Crippen LogP contribution in [-0.2, 0) is 14.4 Å². The molecule has 4 atom stereocenters. The van der Waals surface area contributed by atoms with Crippen LogP contribution >= 0.6 is 0 Å². The number of imide groups is 1. The SMILES string of the molecule is CCOc1cccc([C@@H]2N[C@](C)(C(=O)O)[C@@H]3C(=O)N(c4ccccc4OC)C(=O)[C@@H]32)c1O. The number of ether oxygens (including phenoxy) is 2. The van der Waals surface area contributed by atoms with Crippen LogP contribution in [0.15, 0.2) is 42.5 Å². The van der Waals surface area contributed by atoms with Crippen molar-refractivity contribution in [2.75, 3.05) is 18.6 Å². The summed E-state index contributed by atoms with van der Waals surface area (Å²) in [7, 11) is 1.42. The minimum absolute atomic E-state index is 0.198. The number of nitrogens with zero attached hydrogens (tertiary/aromatic N) is 1. The molecule has 2 heterocycles. The lowest BCUT2D eigenvalue weighted by Gasteiger charge is -2.28. The third kappa shape index (κ3) is 3.00. The minimum Gasteiger partial charge on any atom is -0.504 e. The molecule has 0 bridgehead atoms. The maximum atomic E-state index is 13.6. The number of carboxylic acids is 1. The van der Waals surface area contributed by atoms with Crippen LogP contribution in [0.25, 0.3) is 0 Å². The third-order valence-corrected chi connectivity index (χ3v) is 6.22. The van der Waals surface area contributed by atoms with Gasteiger partial charge in [-0.3, -0.25) is 19.7 Å². The van der Waals surface area contributed by atoms with Gasteiger partial charge in [0.15, 0.2) is 11.5 Å². The van der Waals surface area contributed by atoms with Crippen molar-refractivity contribution < 1.29 is 34.1 Å². The normalized spacial score (nSPS) is 26.8. The second-order valence-electron chi connectivity index (χ2n) is 7.94. The van der Waals surface area contributed by atoms with E-state index < -0.39 is 41.2 Å². The van der Waals surface area contributed by atoms with Crippen molar-refractivity contribution in [3.63, 3.8) is 0 Å². The van der Waals surface area contributed by atoms with Gasteiger partial charge in [-0.05, 0) is 32.0 Å². The molecule has 2 amide bonds. The molecule has 4 rings (SSSR count). The second kappa shape index (κ2) is 7.83. The molecule has 9 heteroatoms. The van der Waals surface area contributed by atoms with Gasteiger partial charge < -0.3 is 19.7 Å². The van der Waals surface area contributed by atoms with E-state index in [4.69, 9.17) is 9.47 Å². The molecular formula is C23H24N2O7. The summed E-state index contributed by atoms with van der Waals surface area (Å²) in [4.78, 5) is 40.3. The number of aliphatic carboxylic acids is 1. The number of methoxy groups -OCH3 is 1. The topological polar surface area (TPSA) is 125 Å². The first-order valence-corrected chi connectivity index (χ1v) is 10.2. The van der Waals surface area contributed by atoms with Gasteiger partial charge in [0.05, 0.1) is 31.2 Å². The molecule has 2 aromatic rings. The van der Waals surface area contributed by atoms with Crippen molar-refractivity contribution in [2.24, 2.45) is 11.8 Å². The average Bonchev–Trinajstić information content (AvgIpc) is 3.23. The lowest BCUT2D eigenvalue weighted by atomic mass is 9.80. The van der Waals surface area contributed by atoms with Gasteiger partial charge in [-0.2, -0.15) is 0 Å². The van der Waals surface area contributed by atoms with Crippen LogP contribution in [0.5, 0.6) is 17.2 Å². The molecule has 0 aliphatic carbocycles. The maximum absolute atomic E-state index is 13.6. The highest BCUT2D eigenvalue weighted by atomic mass is 16.5. The Balaban J connectivity index is 1.85. The number of carboxylic acid groups (broad SMARTS) is 1. The Morgan fingerprint density at radius 1 is 1.12 bits per heavy atom. The van der Waals surface area contributed by atoms with Gasteiger partial charge in [-0.1, -0.05) is 24.3 Å². The van der Waals surface area contributed by atoms with Crippen LogP contribution in [0.2, 0.25) is 0 Å². The van der Waals surface area contributed by atoms with Gasteiger partial charge in [0.1, 0.15) is 11.3 Å². The van der Waals surface area contributed by atoms with Crippen molar-refractivity contribution in [3.8, 4) is 17.2 Å². The van der Waals surface area contributed by atoms with Gasteiger partial charge in [0.2, 0.25) is 11.8 Å². The highest BCUT2D eigenvalue weighted by Gasteiger charge is 2.67. The molecular weight excluding hydrogens is 416 g/mol. The molecule has 0 aromatic heterocycles. The number of phenols is 1. The van der Waals surface area contributed by atoms with Gasteiger partial charge in [-0.25, -0.2) is 4.90 Å². The van der Waals surface area contributed by atoms with E-state index in [1.165, 1.54) is 14.0 Å². The number of anilines is 1. The maximum Gasteiger partial charge on any atom is 0.324 e. The van der Waals surface area contributed by atoms with Gasteiger partial charge in [-0.15, -0.1) is 0 Å². The molecule has 0 radical (unpaired) electrons. The van der Waals surface area contributed by atoms with Crippen LogP contribution < -0.4 is 19.7 Å². The summed E-state index contributed by atoms with van der Waals surface area (Å²) in [5, 5.41) is 23.7. The largest absolute Gasteiger partial charge is 0.504 e. The molecule has 3 N–H and O–H groups in total. The Morgan fingerprint density at radius 2 is 1.81 bits per heavy atom. The fourth-order valence-electron chi connectivity index (χ4n) is 4.72. The number of hydrogen-bond acceptors (Lipinski definition) is 7. The van der Waals surface area contributed by atoms with Crippen molar-refractivity contribution in [2.45, 2.75) is 25.4 Å². The lowest BCUT2D eigenvalue weighted by molar-refractivity contribution is -0.147. The number of nitrogens with one attached hydrogen (secondary N) is 1. The Morgan fingerprint density at radius 3 is 2.47 bits per heavy atom. The minimum atomic E-state index is -1.73. The number of carbonyl (C=O) groups is 3. The smallest absolute Gasteiger partial charge is 0.324 e. The van der Waals surface area contributed by atoms with Crippen molar-refractivity contribution in [1.82, 2.24) is 5.32 Å². The number of benzene rings is 2. The monoisotopic (exact) mass is 440 g/mol. The second-order valence-corrected chi connectivity index (χ2v) is 7.94. The van der Waals surface area contributed by atoms with Crippen molar-refractivity contribution in [3.05, 3.63) is 48.0 Å². The summed E-state index contributed by atoms with van der Waals surface area (Å²) in [5.41, 5.74) is -1.19. The third-order valence-electron chi connectivity index (χ3n) is 6.22. The molecule has 0 saturated carbocycles. The van der Waals surface area contributed by atoms with E-state index in [1.807, 2.05) is 0 Å². The summed E-state index contributed by atoms with van der Waals surface area (Å²) >= 11 is 0. The molecule has 168 valence electrons. The summed E-state index contributed by atoms with van der Waals surface area (Å²) in [6.45, 7) is 3.46. The zero-order chi connectivity index (χ0) is 23.2. The fraction of sp³-hybridized carbons (Fsp3) is 0.348. The van der Waals surface area contributed by atoms with E-state index in [-0.39, 0.29) is 17.2 Å². The quantitative estimate of drug-likeness (QED) is 0.583. The first-order chi connectivity index (χ1) is 15.3. The first kappa shape index (κ1) is 21.6. The van der Waals surface area contributed by atoms with Crippen LogP contribution in [0.4, 0.5) is 5.69 Å². The Kier molecular flexibility index (Phi) is 5.29. The van der Waals surface area contributed by atoms with E-state index in [1.54, 1.807) is 49.4 Å². The van der Waals surface area contributed by atoms with Gasteiger partial charge in [0.25, 0.3) is 0 Å². The molecule has 9 nitrogen and oxygen atoms in total. The number of phenolic OH excluding ortho intramolecular Hbond substituents is 1. The number of aromatic hydroxyl groups is 1. The number of para-hydroxylation sites is 3. The average molecular weight is 440 g/mol. The van der Waals surface area contributed by atoms with E-state index in [0.29, 0.717) is 17.9 Å². The van der Waals surface area contributed by atoms with Crippen LogP contribution in [0, 0.1) is 11.8 Å². The highest BCUT2D eigenvalue weighted by molar-refractivity contribution is 6.24. The van der Waals surface area contributed by atoms with Gasteiger partial charge in [0, 0.05) is 11.6 Å². The lowest BCUT2D eigenvalue weighted by Crippen LogP contribution is -2.53. The predicted molar refractivity (Wildman–Crippen MR) is 114 cm³/mol. The number of carbonyl (C=O) groups excluding carboxylic acids is 2. The van der Waals surface area contributed by atoms with E-state index in [9.17, 15) is 24.6 Å². The van der Waals surface area contributed by atoms with Crippen LogP contribution in [0.1, 0.15) is 25.5 Å². The number of hydrogen-bond donors (Lipinski definition) is 3. The first-order valence-electron chi connectivity index (χ1n) is 10.2. The molecule has 32 heavy (non-hydrogen) atoms. The Hall–Kier alpha value is -3.59.